The normalized spacial score (nSPS) is 13.4. The van der Waals surface area contributed by atoms with Crippen molar-refractivity contribution in [2.45, 2.75) is 6.42 Å². The van der Waals surface area contributed by atoms with Gasteiger partial charge in [0.05, 0.1) is 17.3 Å². The van der Waals surface area contributed by atoms with E-state index in [1.807, 2.05) is 6.08 Å². The van der Waals surface area contributed by atoms with Crippen LogP contribution in [0, 0.1) is 6.08 Å². The van der Waals surface area contributed by atoms with Crippen LogP contribution in [-0.2, 0) is 6.42 Å². The molecule has 0 N–H and O–H groups in total. The first-order valence-corrected chi connectivity index (χ1v) is 9.01. The van der Waals surface area contributed by atoms with Gasteiger partial charge in [-0.1, -0.05) is 48.5 Å². The molecule has 1 aromatic heterocycles. The molecule has 0 atom stereocenters. The fourth-order valence-electron chi connectivity index (χ4n) is 4.47. The maximum absolute atomic E-state index is 3.27. The Balaban J connectivity index is 1.77. The summed E-state index contributed by atoms with van der Waals surface area (Å²) < 4.78 is 2.41. The van der Waals surface area contributed by atoms with Crippen molar-refractivity contribution < 1.29 is 0 Å². The predicted molar refractivity (Wildman–Crippen MR) is 108 cm³/mol. The summed E-state index contributed by atoms with van der Waals surface area (Å²) >= 11 is 0. The highest BCUT2D eigenvalue weighted by Crippen LogP contribution is 2.44. The third kappa shape index (κ3) is 1.73. The Bertz CT molecular complexity index is 1240. The molecule has 0 spiro atoms. The fourth-order valence-corrected chi connectivity index (χ4v) is 4.47. The van der Waals surface area contributed by atoms with Crippen LogP contribution in [0.5, 0.6) is 0 Å². The lowest BCUT2D eigenvalue weighted by Gasteiger charge is -2.09. The molecule has 0 radical (unpaired) electrons. The Hall–Kier alpha value is -3.41. The number of aromatic nitrogens is 1. The summed E-state index contributed by atoms with van der Waals surface area (Å²) in [5.41, 5.74) is 10.7. The van der Waals surface area contributed by atoms with Gasteiger partial charge in [0, 0.05) is 17.9 Å². The lowest BCUT2D eigenvalue weighted by molar-refractivity contribution is 1.09. The van der Waals surface area contributed by atoms with Gasteiger partial charge in [0.15, 0.2) is 5.69 Å². The molecule has 2 aliphatic rings. The number of fused-ring (bicyclic) bond motifs is 7. The molecule has 1 heteroatoms. The van der Waals surface area contributed by atoms with E-state index in [0.29, 0.717) is 0 Å². The van der Waals surface area contributed by atoms with Gasteiger partial charge in [-0.05, 0) is 40.5 Å². The number of allylic oxidation sites excluding steroid dienone is 2. The Kier molecular flexibility index (Phi) is 2.68. The number of hydrogen-bond acceptors (Lipinski definition) is 0. The molecule has 26 heavy (non-hydrogen) atoms. The van der Waals surface area contributed by atoms with Crippen molar-refractivity contribution in [1.82, 2.24) is 4.57 Å². The lowest BCUT2D eigenvalue weighted by Crippen LogP contribution is -1.99. The Morgan fingerprint density at radius 1 is 0.808 bits per heavy atom. The van der Waals surface area contributed by atoms with E-state index >= 15 is 0 Å². The molecule has 0 fully saturated rings. The van der Waals surface area contributed by atoms with Crippen molar-refractivity contribution >= 4 is 23.1 Å². The van der Waals surface area contributed by atoms with E-state index in [2.05, 4.69) is 89.5 Å². The maximum atomic E-state index is 3.27. The van der Waals surface area contributed by atoms with Gasteiger partial charge >= 0.3 is 0 Å². The van der Waals surface area contributed by atoms with E-state index < -0.39 is 0 Å². The van der Waals surface area contributed by atoms with Crippen LogP contribution in [0.15, 0.2) is 72.8 Å². The number of rotatable bonds is 1. The third-order valence-corrected chi connectivity index (χ3v) is 5.57. The van der Waals surface area contributed by atoms with Crippen molar-refractivity contribution in [2.75, 3.05) is 0 Å². The van der Waals surface area contributed by atoms with Crippen LogP contribution in [0.1, 0.15) is 22.4 Å². The van der Waals surface area contributed by atoms with Crippen LogP contribution in [0.25, 0.3) is 39.9 Å². The van der Waals surface area contributed by atoms with Crippen LogP contribution in [0.4, 0.5) is 0 Å². The first-order chi connectivity index (χ1) is 12.9. The summed E-state index contributed by atoms with van der Waals surface area (Å²) in [4.78, 5) is 0. The highest BCUT2D eigenvalue weighted by Gasteiger charge is 2.29. The molecule has 1 heterocycles. The highest BCUT2D eigenvalue weighted by atomic mass is 15.0. The minimum atomic E-state index is 0.996. The van der Waals surface area contributed by atoms with Gasteiger partial charge < -0.3 is 0 Å². The van der Waals surface area contributed by atoms with Gasteiger partial charge in [-0.15, -0.1) is 0 Å². The summed E-state index contributed by atoms with van der Waals surface area (Å²) in [5, 5.41) is 1.32. The van der Waals surface area contributed by atoms with Gasteiger partial charge in [-0.2, -0.15) is 0 Å². The molecular formula is C25H16N+. The minimum Gasteiger partial charge on any atom is -0.256 e. The molecule has 4 aromatic rings. The average molecular weight is 330 g/mol. The Labute approximate surface area is 152 Å². The monoisotopic (exact) mass is 330 g/mol. The minimum absolute atomic E-state index is 0.996. The van der Waals surface area contributed by atoms with Gasteiger partial charge in [0.1, 0.15) is 17.7 Å². The van der Waals surface area contributed by atoms with Gasteiger partial charge in [-0.25, -0.2) is 0 Å². The van der Waals surface area contributed by atoms with Crippen LogP contribution in [0.3, 0.4) is 0 Å². The molecule has 0 bridgehead atoms. The summed E-state index contributed by atoms with van der Waals surface area (Å²) in [5.74, 6) is 0. The zero-order valence-corrected chi connectivity index (χ0v) is 14.2. The lowest BCUT2D eigenvalue weighted by atomic mass is 10.0. The van der Waals surface area contributed by atoms with Gasteiger partial charge in [0.25, 0.3) is 0 Å². The largest absolute Gasteiger partial charge is 0.256 e. The summed E-state index contributed by atoms with van der Waals surface area (Å²) in [6.45, 7) is 0. The van der Waals surface area contributed by atoms with Gasteiger partial charge in [0.2, 0.25) is 0 Å². The van der Waals surface area contributed by atoms with Crippen molar-refractivity contribution in [2.24, 2.45) is 0 Å². The second-order valence-electron chi connectivity index (χ2n) is 6.94. The zero-order valence-electron chi connectivity index (χ0n) is 14.2. The maximum Gasteiger partial charge on any atom is 0.166 e. The third-order valence-electron chi connectivity index (χ3n) is 5.57. The predicted octanol–water partition coefficient (Wildman–Crippen LogP) is 6.04. The van der Waals surface area contributed by atoms with Crippen LogP contribution in [0.2, 0.25) is 0 Å². The first-order valence-electron chi connectivity index (χ1n) is 9.01. The van der Waals surface area contributed by atoms with Crippen molar-refractivity contribution in [3.05, 3.63) is 101 Å². The number of hydrogen-bond donors (Lipinski definition) is 0. The molecule has 3 aromatic carbocycles. The number of nitrogens with zero attached hydrogens (tertiary/aromatic N) is 1. The molecule has 120 valence electrons. The molecule has 6 rings (SSSR count). The zero-order chi connectivity index (χ0) is 17.1. The second-order valence-corrected chi connectivity index (χ2v) is 6.94. The molecule has 0 saturated carbocycles. The summed E-state index contributed by atoms with van der Waals surface area (Å²) in [7, 11) is 0. The van der Waals surface area contributed by atoms with Gasteiger partial charge in [-0.3, -0.25) is 4.57 Å². The van der Waals surface area contributed by atoms with E-state index in [0.717, 1.165) is 6.42 Å². The fraction of sp³-hybridized carbons (Fsp3) is 0.0400. The summed E-state index contributed by atoms with van der Waals surface area (Å²) in [6.07, 6.45) is 10.6. The number of para-hydroxylation sites is 1. The van der Waals surface area contributed by atoms with Crippen molar-refractivity contribution in [1.29, 1.82) is 0 Å². The average Bonchev–Trinajstić information content (AvgIpc) is 3.24. The standard InChI is InChI=1S/C25H16N/c1-2-9-18(10-3-1)26-24-13-7-6-12-21(24)22-15-14-20-19-11-5-4-8-17(19)16-23(20)25(22)26/h1-6,8-15H,16H2/q+1. The number of benzene rings is 3. The Morgan fingerprint density at radius 3 is 2.58 bits per heavy atom. The van der Waals surface area contributed by atoms with E-state index in [1.54, 1.807) is 0 Å². The van der Waals surface area contributed by atoms with E-state index in [1.165, 1.54) is 50.1 Å². The molecule has 2 aliphatic carbocycles. The quantitative estimate of drug-likeness (QED) is 0.330. The molecule has 1 nitrogen and oxygen atoms in total. The SMILES string of the molecule is [C+]1=Cc2c(c3ccc4c(c3n2-c2ccccc2)Cc2ccccc2-4)C=C1. The van der Waals surface area contributed by atoms with Crippen molar-refractivity contribution in [3.8, 4) is 16.8 Å². The molecule has 0 amide bonds. The molecule has 0 unspecified atom stereocenters. The first kappa shape index (κ1) is 13.8. The topological polar surface area (TPSA) is 4.93 Å². The summed E-state index contributed by atoms with van der Waals surface area (Å²) in [6, 6.07) is 24.0. The Morgan fingerprint density at radius 2 is 1.65 bits per heavy atom. The van der Waals surface area contributed by atoms with Crippen LogP contribution in [-0.4, -0.2) is 4.57 Å². The second kappa shape index (κ2) is 5.05. The molecular weight excluding hydrogens is 314 g/mol. The van der Waals surface area contributed by atoms with E-state index in [4.69, 9.17) is 0 Å². The molecule has 0 aliphatic heterocycles. The van der Waals surface area contributed by atoms with Crippen molar-refractivity contribution in [3.63, 3.8) is 0 Å². The smallest absolute Gasteiger partial charge is 0.166 e. The molecule has 0 saturated heterocycles. The van der Waals surface area contributed by atoms with Crippen LogP contribution >= 0.6 is 0 Å². The van der Waals surface area contributed by atoms with E-state index in [-0.39, 0.29) is 0 Å². The van der Waals surface area contributed by atoms with E-state index in [9.17, 15) is 0 Å². The highest BCUT2D eigenvalue weighted by molar-refractivity contribution is 6.02. The van der Waals surface area contributed by atoms with Crippen LogP contribution < -0.4 is 0 Å².